The quantitative estimate of drug-likeness (QED) is 0.429. The van der Waals surface area contributed by atoms with E-state index in [1.165, 1.54) is 12.3 Å². The van der Waals surface area contributed by atoms with Gasteiger partial charge in [0.25, 0.3) is 5.91 Å². The van der Waals surface area contributed by atoms with E-state index in [1.807, 2.05) is 0 Å². The molecule has 0 spiro atoms. The zero-order valence-electron chi connectivity index (χ0n) is 15.9. The second kappa shape index (κ2) is 7.96. The monoisotopic (exact) mass is 403 g/mol. The summed E-state index contributed by atoms with van der Waals surface area (Å²) >= 11 is 0. The number of anilines is 1. The average Bonchev–Trinajstić information content (AvgIpc) is 3.38. The first-order chi connectivity index (χ1) is 14.5. The molecule has 0 unspecified atom stereocenters. The lowest BCUT2D eigenvalue weighted by Crippen LogP contribution is -2.12. The van der Waals surface area contributed by atoms with Crippen molar-refractivity contribution in [1.29, 1.82) is 0 Å². The van der Waals surface area contributed by atoms with Gasteiger partial charge >= 0.3 is 5.97 Å². The lowest BCUT2D eigenvalue weighted by atomic mass is 10.2. The van der Waals surface area contributed by atoms with E-state index in [0.717, 1.165) is 5.56 Å². The Hall–Kier alpha value is -4.33. The first-order valence-corrected chi connectivity index (χ1v) is 9.01. The number of benzene rings is 1. The second-order valence-corrected chi connectivity index (χ2v) is 6.50. The molecule has 4 rings (SSSR count). The van der Waals surface area contributed by atoms with Gasteiger partial charge in [0.2, 0.25) is 0 Å². The van der Waals surface area contributed by atoms with Crippen molar-refractivity contribution < 1.29 is 23.8 Å². The van der Waals surface area contributed by atoms with Crippen LogP contribution in [-0.4, -0.2) is 27.0 Å². The summed E-state index contributed by atoms with van der Waals surface area (Å²) < 4.78 is 11.1. The summed E-state index contributed by atoms with van der Waals surface area (Å²) in [7, 11) is 0. The van der Waals surface area contributed by atoms with Gasteiger partial charge < -0.3 is 24.6 Å². The van der Waals surface area contributed by atoms with E-state index in [0.29, 0.717) is 28.4 Å². The van der Waals surface area contributed by atoms with Crippen LogP contribution in [0.4, 0.5) is 5.69 Å². The fourth-order valence-corrected chi connectivity index (χ4v) is 2.86. The molecule has 0 aliphatic heterocycles. The number of pyridine rings is 1. The van der Waals surface area contributed by atoms with Crippen molar-refractivity contribution in [3.8, 4) is 22.8 Å². The number of hydrogen-bond acceptors (Lipinski definition) is 5. The molecule has 3 N–H and O–H groups in total. The number of hydrogen-bond donors (Lipinski definition) is 3. The molecule has 0 aliphatic rings. The molecule has 1 aromatic carbocycles. The van der Waals surface area contributed by atoms with Gasteiger partial charge in [0.05, 0.1) is 12.0 Å². The standard InChI is InChI=1S/C22H17N3O5/c1-13-6-8-29-20(13)21(26)25-15-3-2-4-16(10-15)30-17-5-7-23-18(11-17)14-9-19(22(27)28)24-12-14/h2-12,24H,1H3,(H,25,26)(H,27,28). The maximum Gasteiger partial charge on any atom is 0.352 e. The number of carboxylic acid groups (broad SMARTS) is 1. The largest absolute Gasteiger partial charge is 0.477 e. The van der Waals surface area contributed by atoms with E-state index in [1.54, 1.807) is 61.8 Å². The van der Waals surface area contributed by atoms with Gasteiger partial charge in [-0.25, -0.2) is 4.79 Å². The molecule has 8 heteroatoms. The lowest BCUT2D eigenvalue weighted by molar-refractivity contribution is 0.0691. The summed E-state index contributed by atoms with van der Waals surface area (Å²) in [6, 6.07) is 13.6. The summed E-state index contributed by atoms with van der Waals surface area (Å²) in [6.07, 6.45) is 4.61. The van der Waals surface area contributed by atoms with Crippen LogP contribution in [0.15, 0.2) is 71.6 Å². The highest BCUT2D eigenvalue weighted by molar-refractivity contribution is 6.03. The first-order valence-electron chi connectivity index (χ1n) is 9.01. The van der Waals surface area contributed by atoms with Crippen molar-refractivity contribution in [2.24, 2.45) is 0 Å². The van der Waals surface area contributed by atoms with E-state index < -0.39 is 5.97 Å². The lowest BCUT2D eigenvalue weighted by Gasteiger charge is -2.09. The zero-order chi connectivity index (χ0) is 21.1. The maximum absolute atomic E-state index is 12.3. The Morgan fingerprint density at radius 3 is 2.70 bits per heavy atom. The summed E-state index contributed by atoms with van der Waals surface area (Å²) in [4.78, 5) is 30.3. The van der Waals surface area contributed by atoms with E-state index >= 15 is 0 Å². The Morgan fingerprint density at radius 2 is 1.97 bits per heavy atom. The van der Waals surface area contributed by atoms with Crippen LogP contribution in [-0.2, 0) is 0 Å². The molecular formula is C22H17N3O5. The van der Waals surface area contributed by atoms with Crippen molar-refractivity contribution >= 4 is 17.6 Å². The molecule has 0 saturated heterocycles. The van der Waals surface area contributed by atoms with Gasteiger partial charge in [0.15, 0.2) is 5.76 Å². The number of carbonyl (C=O) groups is 2. The SMILES string of the molecule is Cc1ccoc1C(=O)Nc1cccc(Oc2ccnc(-c3c[nH]c(C(=O)O)c3)c2)c1. The van der Waals surface area contributed by atoms with E-state index in [2.05, 4.69) is 15.3 Å². The van der Waals surface area contributed by atoms with Crippen LogP contribution in [0.25, 0.3) is 11.3 Å². The average molecular weight is 403 g/mol. The number of rotatable bonds is 6. The molecule has 0 radical (unpaired) electrons. The molecule has 1 amide bonds. The highest BCUT2D eigenvalue weighted by Gasteiger charge is 2.13. The van der Waals surface area contributed by atoms with Crippen molar-refractivity contribution in [2.75, 3.05) is 5.32 Å². The summed E-state index contributed by atoms with van der Waals surface area (Å²) in [5.74, 6) is -0.100. The fraction of sp³-hybridized carbons (Fsp3) is 0.0455. The number of aryl methyl sites for hydroxylation is 1. The zero-order valence-corrected chi connectivity index (χ0v) is 15.9. The van der Waals surface area contributed by atoms with Gasteiger partial charge in [-0.05, 0) is 37.3 Å². The van der Waals surface area contributed by atoms with Gasteiger partial charge in [-0.2, -0.15) is 0 Å². The smallest absolute Gasteiger partial charge is 0.352 e. The van der Waals surface area contributed by atoms with Crippen molar-refractivity contribution in [3.63, 3.8) is 0 Å². The normalized spacial score (nSPS) is 10.6. The third-order valence-corrected chi connectivity index (χ3v) is 4.34. The summed E-state index contributed by atoms with van der Waals surface area (Å²) in [6.45, 7) is 1.79. The predicted octanol–water partition coefficient (Wildman–Crippen LogP) is 4.72. The molecule has 150 valence electrons. The molecule has 0 fully saturated rings. The molecule has 8 nitrogen and oxygen atoms in total. The number of H-pyrrole nitrogens is 1. The Kier molecular flexibility index (Phi) is 5.04. The Labute approximate surface area is 171 Å². The Morgan fingerprint density at radius 1 is 1.13 bits per heavy atom. The summed E-state index contributed by atoms with van der Waals surface area (Å²) in [5.41, 5.74) is 2.58. The van der Waals surface area contributed by atoms with Crippen LogP contribution in [0.2, 0.25) is 0 Å². The minimum Gasteiger partial charge on any atom is -0.477 e. The van der Waals surface area contributed by atoms with Crippen LogP contribution in [0.5, 0.6) is 11.5 Å². The van der Waals surface area contributed by atoms with Crippen molar-refractivity contribution in [2.45, 2.75) is 6.92 Å². The number of furan rings is 1. The number of nitrogens with zero attached hydrogens (tertiary/aromatic N) is 1. The minimum atomic E-state index is -1.04. The minimum absolute atomic E-state index is 0.0772. The highest BCUT2D eigenvalue weighted by atomic mass is 16.5. The molecule has 0 bridgehead atoms. The van der Waals surface area contributed by atoms with E-state index in [-0.39, 0.29) is 17.4 Å². The van der Waals surface area contributed by atoms with Crippen LogP contribution in [0.3, 0.4) is 0 Å². The van der Waals surface area contributed by atoms with Gasteiger partial charge in [0.1, 0.15) is 17.2 Å². The molecule has 0 saturated carbocycles. The van der Waals surface area contributed by atoms with Crippen LogP contribution in [0, 0.1) is 6.92 Å². The molecule has 3 heterocycles. The molecule has 0 atom stereocenters. The van der Waals surface area contributed by atoms with Crippen LogP contribution < -0.4 is 10.1 Å². The topological polar surface area (TPSA) is 117 Å². The number of nitrogens with one attached hydrogen (secondary N) is 2. The molecule has 0 aliphatic carbocycles. The third-order valence-electron chi connectivity index (χ3n) is 4.34. The Balaban J connectivity index is 1.51. The number of aromatic nitrogens is 2. The number of carbonyl (C=O) groups excluding carboxylic acids is 1. The van der Waals surface area contributed by atoms with Gasteiger partial charge in [-0.3, -0.25) is 9.78 Å². The number of carboxylic acids is 1. The second-order valence-electron chi connectivity index (χ2n) is 6.50. The number of aromatic amines is 1. The van der Waals surface area contributed by atoms with Gasteiger partial charge in [-0.1, -0.05) is 6.07 Å². The number of ether oxygens (including phenoxy) is 1. The van der Waals surface area contributed by atoms with E-state index in [9.17, 15) is 9.59 Å². The first kappa shape index (κ1) is 19.0. The van der Waals surface area contributed by atoms with Gasteiger partial charge in [-0.15, -0.1) is 0 Å². The summed E-state index contributed by atoms with van der Waals surface area (Å²) in [5, 5.41) is 11.8. The molecular weight excluding hydrogens is 386 g/mol. The highest BCUT2D eigenvalue weighted by Crippen LogP contribution is 2.28. The predicted molar refractivity (Wildman–Crippen MR) is 109 cm³/mol. The van der Waals surface area contributed by atoms with Crippen LogP contribution in [0.1, 0.15) is 26.6 Å². The number of aromatic carboxylic acids is 1. The molecule has 3 aromatic heterocycles. The van der Waals surface area contributed by atoms with Crippen molar-refractivity contribution in [3.05, 3.63) is 84.2 Å². The fourth-order valence-electron chi connectivity index (χ4n) is 2.86. The molecule has 4 aromatic rings. The van der Waals surface area contributed by atoms with Crippen LogP contribution >= 0.6 is 0 Å². The maximum atomic E-state index is 12.3. The van der Waals surface area contributed by atoms with Crippen molar-refractivity contribution in [1.82, 2.24) is 9.97 Å². The Bertz CT molecular complexity index is 1220. The molecule has 30 heavy (non-hydrogen) atoms. The van der Waals surface area contributed by atoms with E-state index in [4.69, 9.17) is 14.3 Å². The van der Waals surface area contributed by atoms with Gasteiger partial charge in [0, 0.05) is 41.3 Å². The third kappa shape index (κ3) is 4.07. The number of amides is 1.